The predicted octanol–water partition coefficient (Wildman–Crippen LogP) is 5.89. The van der Waals surface area contributed by atoms with Gasteiger partial charge in [0.15, 0.2) is 0 Å². The molecule has 0 aliphatic carbocycles. The third-order valence-electron chi connectivity index (χ3n) is 5.78. The molecule has 0 aliphatic heterocycles. The van der Waals surface area contributed by atoms with Crippen molar-refractivity contribution in [3.05, 3.63) is 92.9 Å². The lowest BCUT2D eigenvalue weighted by Crippen LogP contribution is -2.51. The number of sulfonamides is 1. The van der Waals surface area contributed by atoms with Gasteiger partial charge in [0.05, 0.1) is 10.6 Å². The van der Waals surface area contributed by atoms with E-state index in [2.05, 4.69) is 21.2 Å². The van der Waals surface area contributed by atoms with E-state index in [1.54, 1.807) is 67.6 Å². The molecule has 1 atom stereocenters. The fraction of sp³-hybridized carbons (Fsp3) is 0.259. The molecule has 0 saturated carbocycles. The molecule has 7 nitrogen and oxygen atoms in total. The molecule has 1 N–H and O–H groups in total. The van der Waals surface area contributed by atoms with Crippen molar-refractivity contribution >= 4 is 66.7 Å². The lowest BCUT2D eigenvalue weighted by atomic mass is 10.1. The Morgan fingerprint density at radius 2 is 1.71 bits per heavy atom. The average molecular weight is 641 g/mol. The van der Waals surface area contributed by atoms with E-state index >= 15 is 0 Å². The molecule has 0 unspecified atom stereocenters. The summed E-state index contributed by atoms with van der Waals surface area (Å²) in [5, 5.41) is 3.56. The van der Waals surface area contributed by atoms with Crippen LogP contribution in [0.3, 0.4) is 0 Å². The minimum absolute atomic E-state index is 0.0206. The number of nitrogens with zero attached hydrogens (tertiary/aromatic N) is 2. The van der Waals surface area contributed by atoms with Crippen molar-refractivity contribution in [2.24, 2.45) is 0 Å². The first-order valence-corrected chi connectivity index (χ1v) is 14.9. The van der Waals surface area contributed by atoms with E-state index in [0.29, 0.717) is 32.3 Å². The van der Waals surface area contributed by atoms with Crippen LogP contribution < -0.4 is 9.62 Å². The van der Waals surface area contributed by atoms with Gasteiger partial charge in [0, 0.05) is 27.6 Å². The highest BCUT2D eigenvalue weighted by atomic mass is 79.9. The molecule has 38 heavy (non-hydrogen) atoms. The molecule has 3 aromatic rings. The summed E-state index contributed by atoms with van der Waals surface area (Å²) in [5.74, 6) is -0.931. The number of hydrogen-bond donors (Lipinski definition) is 1. The maximum atomic E-state index is 13.9. The predicted molar refractivity (Wildman–Crippen MR) is 155 cm³/mol. The highest BCUT2D eigenvalue weighted by molar-refractivity contribution is 9.10. The third-order valence-corrected chi connectivity index (χ3v) is 8.65. The van der Waals surface area contributed by atoms with E-state index in [-0.39, 0.29) is 17.3 Å². The molecule has 0 heterocycles. The number of carbonyl (C=O) groups is 2. The van der Waals surface area contributed by atoms with Gasteiger partial charge >= 0.3 is 0 Å². The lowest BCUT2D eigenvalue weighted by Gasteiger charge is -2.32. The van der Waals surface area contributed by atoms with Crippen LogP contribution >= 0.6 is 39.1 Å². The summed E-state index contributed by atoms with van der Waals surface area (Å²) in [7, 11) is -4.13. The number of anilines is 1. The van der Waals surface area contributed by atoms with Gasteiger partial charge in [-0.1, -0.05) is 76.4 Å². The molecule has 202 valence electrons. The summed E-state index contributed by atoms with van der Waals surface area (Å²) in [6.07, 6.45) is 0.724. The molecule has 2 amide bonds. The minimum Gasteiger partial charge on any atom is -0.354 e. The van der Waals surface area contributed by atoms with E-state index in [4.69, 9.17) is 23.2 Å². The largest absolute Gasteiger partial charge is 0.354 e. The first kappa shape index (κ1) is 30.0. The topological polar surface area (TPSA) is 86.8 Å². The van der Waals surface area contributed by atoms with Crippen LogP contribution in [0.25, 0.3) is 0 Å². The Morgan fingerprint density at radius 3 is 2.34 bits per heavy atom. The number of rotatable bonds is 11. The molecule has 0 saturated heterocycles. The second-order valence-electron chi connectivity index (χ2n) is 8.53. The van der Waals surface area contributed by atoms with E-state index in [9.17, 15) is 18.0 Å². The summed E-state index contributed by atoms with van der Waals surface area (Å²) < 4.78 is 29.1. The number of carbonyl (C=O) groups excluding carboxylic acids is 2. The number of amides is 2. The number of benzene rings is 3. The molecule has 0 radical (unpaired) electrons. The van der Waals surface area contributed by atoms with Crippen LogP contribution in [0.15, 0.2) is 82.2 Å². The second kappa shape index (κ2) is 13.5. The Kier molecular flexibility index (Phi) is 10.6. The molecule has 0 aliphatic rings. The van der Waals surface area contributed by atoms with Crippen molar-refractivity contribution < 1.29 is 18.0 Å². The molecule has 11 heteroatoms. The number of hydrogen-bond acceptors (Lipinski definition) is 4. The number of nitrogens with one attached hydrogen (secondary N) is 1. The quantitative estimate of drug-likeness (QED) is 0.283. The molecule has 3 rings (SSSR count). The number of halogens is 3. The molecular weight excluding hydrogens is 613 g/mol. The summed E-state index contributed by atoms with van der Waals surface area (Å²) in [6, 6.07) is 18.5. The van der Waals surface area contributed by atoms with Gasteiger partial charge in [0.25, 0.3) is 10.0 Å². The van der Waals surface area contributed by atoms with Crippen LogP contribution in [-0.4, -0.2) is 44.3 Å². The maximum Gasteiger partial charge on any atom is 0.264 e. The first-order chi connectivity index (χ1) is 18.0. The fourth-order valence-corrected chi connectivity index (χ4v) is 5.97. The van der Waals surface area contributed by atoms with Gasteiger partial charge in [0.1, 0.15) is 12.6 Å². The highest BCUT2D eigenvalue weighted by Crippen LogP contribution is 2.28. The molecular formula is C27H28BrCl2N3O4S. The maximum absolute atomic E-state index is 13.9. The standard InChI is InChI=1S/C27H28BrCl2N3O4S/c1-3-14-31-27(35)19(2)32(17-20-12-13-22(29)16-25(20)30)26(34)18-33(23-9-7-8-21(28)15-23)38(36,37)24-10-5-4-6-11-24/h4-13,15-16,19H,3,14,17-18H2,1-2H3,(H,31,35)/t19-/m0/s1. The normalized spacial score (nSPS) is 12.0. The van der Waals surface area contributed by atoms with Gasteiger partial charge in [-0.25, -0.2) is 8.42 Å². The Bertz CT molecular complexity index is 1390. The Morgan fingerprint density at radius 1 is 1.00 bits per heavy atom. The van der Waals surface area contributed by atoms with Crippen LogP contribution in [0.5, 0.6) is 0 Å². The minimum atomic E-state index is -4.13. The van der Waals surface area contributed by atoms with Crippen molar-refractivity contribution in [3.8, 4) is 0 Å². The Balaban J connectivity index is 2.03. The van der Waals surface area contributed by atoms with E-state index in [1.807, 2.05) is 6.92 Å². The summed E-state index contributed by atoms with van der Waals surface area (Å²) >= 11 is 15.8. The SMILES string of the molecule is CCCNC(=O)[C@H](C)N(Cc1ccc(Cl)cc1Cl)C(=O)CN(c1cccc(Br)c1)S(=O)(=O)c1ccccc1. The monoisotopic (exact) mass is 639 g/mol. The molecule has 0 spiro atoms. The van der Waals surface area contributed by atoms with E-state index in [0.717, 1.165) is 10.7 Å². The van der Waals surface area contributed by atoms with E-state index in [1.165, 1.54) is 17.0 Å². The van der Waals surface area contributed by atoms with Crippen molar-refractivity contribution in [1.82, 2.24) is 10.2 Å². The first-order valence-electron chi connectivity index (χ1n) is 11.9. The van der Waals surface area contributed by atoms with Crippen molar-refractivity contribution in [2.45, 2.75) is 37.8 Å². The van der Waals surface area contributed by atoms with Crippen LogP contribution in [0, 0.1) is 0 Å². The van der Waals surface area contributed by atoms with Crippen LogP contribution in [0.2, 0.25) is 10.0 Å². The van der Waals surface area contributed by atoms with Gasteiger partial charge in [0.2, 0.25) is 11.8 Å². The zero-order valence-corrected chi connectivity index (χ0v) is 24.8. The summed E-state index contributed by atoms with van der Waals surface area (Å²) in [4.78, 5) is 28.1. The van der Waals surface area contributed by atoms with E-state index < -0.39 is 28.5 Å². The van der Waals surface area contributed by atoms with Gasteiger partial charge in [-0.2, -0.15) is 0 Å². The fourth-order valence-electron chi connectivity index (χ4n) is 3.69. The van der Waals surface area contributed by atoms with Gasteiger partial charge in [-0.15, -0.1) is 0 Å². The summed E-state index contributed by atoms with van der Waals surface area (Å²) in [5.41, 5.74) is 0.864. The van der Waals surface area contributed by atoms with Crippen LogP contribution in [0.4, 0.5) is 5.69 Å². The Hall–Kier alpha value is -2.59. The molecule has 0 bridgehead atoms. The Labute approximate surface area is 241 Å². The molecule has 0 fully saturated rings. The highest BCUT2D eigenvalue weighted by Gasteiger charge is 2.32. The third kappa shape index (κ3) is 7.50. The van der Waals surface area contributed by atoms with Crippen LogP contribution in [-0.2, 0) is 26.2 Å². The summed E-state index contributed by atoms with van der Waals surface area (Å²) in [6.45, 7) is 3.41. The van der Waals surface area contributed by atoms with Crippen LogP contribution in [0.1, 0.15) is 25.8 Å². The molecule has 0 aromatic heterocycles. The van der Waals surface area contributed by atoms with Gasteiger partial charge in [-0.3, -0.25) is 13.9 Å². The van der Waals surface area contributed by atoms with Gasteiger partial charge in [-0.05, 0) is 61.4 Å². The van der Waals surface area contributed by atoms with Gasteiger partial charge < -0.3 is 10.2 Å². The zero-order chi connectivity index (χ0) is 27.9. The lowest BCUT2D eigenvalue weighted by molar-refractivity contribution is -0.139. The van der Waals surface area contributed by atoms with Crippen molar-refractivity contribution in [2.75, 3.05) is 17.4 Å². The van der Waals surface area contributed by atoms with Crippen molar-refractivity contribution in [3.63, 3.8) is 0 Å². The zero-order valence-electron chi connectivity index (χ0n) is 20.9. The molecule has 3 aromatic carbocycles. The second-order valence-corrected chi connectivity index (χ2v) is 12.2. The smallest absolute Gasteiger partial charge is 0.264 e. The van der Waals surface area contributed by atoms with Crippen molar-refractivity contribution in [1.29, 1.82) is 0 Å². The average Bonchev–Trinajstić information content (AvgIpc) is 2.89.